The molecule has 11 nitrogen and oxygen atoms in total. The zero-order valence-electron chi connectivity index (χ0n) is 20.6. The number of nitrogens with zero attached hydrogens (tertiary/aromatic N) is 3. The molecule has 1 aromatic carbocycles. The number of carboxylic acid groups (broad SMARTS) is 1. The molecule has 0 saturated carbocycles. The molecule has 42 heavy (non-hydrogen) atoms. The summed E-state index contributed by atoms with van der Waals surface area (Å²) in [5.41, 5.74) is 3.27. The van der Waals surface area contributed by atoms with Crippen molar-refractivity contribution in [3.05, 3.63) is 73.9 Å². The minimum Gasteiger partial charge on any atom is -0.477 e. The predicted octanol–water partition coefficient (Wildman–Crippen LogP) is 3.54. The molecule has 0 radical (unpaired) electrons. The first kappa shape index (κ1) is 29.6. The largest absolute Gasteiger partial charge is 0.477 e. The summed E-state index contributed by atoms with van der Waals surface area (Å²) in [6.07, 6.45) is -3.23. The van der Waals surface area contributed by atoms with Crippen LogP contribution in [0.5, 0.6) is 0 Å². The van der Waals surface area contributed by atoms with Gasteiger partial charge in [0.25, 0.3) is 11.8 Å². The van der Waals surface area contributed by atoms with Gasteiger partial charge >= 0.3 is 12.1 Å². The molecule has 5 N–H and O–H groups in total. The average molecular weight is 656 g/mol. The van der Waals surface area contributed by atoms with Crippen LogP contribution in [0, 0.1) is 0 Å². The smallest absolute Gasteiger partial charge is 0.417 e. The van der Waals surface area contributed by atoms with Crippen molar-refractivity contribution < 1.29 is 37.9 Å². The lowest BCUT2D eigenvalue weighted by Crippen LogP contribution is -2.71. The Balaban J connectivity index is 1.33. The van der Waals surface area contributed by atoms with E-state index >= 15 is 0 Å². The third-order valence-corrected chi connectivity index (χ3v) is 10.1. The number of fused-ring (bicyclic) bond motifs is 2. The Kier molecular flexibility index (Phi) is 8.06. The van der Waals surface area contributed by atoms with Gasteiger partial charge in [0, 0.05) is 21.9 Å². The molecule has 1 unspecified atom stereocenters. The second-order valence-corrected chi connectivity index (χ2v) is 12.9. The number of benzene rings is 1. The first-order chi connectivity index (χ1) is 19.9. The van der Waals surface area contributed by atoms with E-state index in [1.54, 1.807) is 0 Å². The monoisotopic (exact) mass is 655 g/mol. The number of nitrogens with two attached hydrogens (primary N) is 1. The Bertz CT molecular complexity index is 1780. The van der Waals surface area contributed by atoms with Crippen molar-refractivity contribution in [1.82, 2.24) is 15.2 Å². The van der Waals surface area contributed by atoms with Crippen molar-refractivity contribution in [3.8, 4) is 0 Å². The summed E-state index contributed by atoms with van der Waals surface area (Å²) in [7, 11) is 0. The number of hydrogen-bond donors (Lipinski definition) is 4. The van der Waals surface area contributed by atoms with E-state index in [9.17, 15) is 42.7 Å². The fraction of sp³-hybridized carbons (Fsp3) is 0.167. The second-order valence-electron chi connectivity index (χ2n) is 8.59. The highest BCUT2D eigenvalue weighted by molar-refractivity contribution is 8.04. The number of alkyl halides is 3. The van der Waals surface area contributed by atoms with Gasteiger partial charge in [-0.05, 0) is 29.2 Å². The molecule has 5 rings (SSSR count). The summed E-state index contributed by atoms with van der Waals surface area (Å²) in [5, 5.41) is 26.4. The van der Waals surface area contributed by atoms with E-state index in [4.69, 9.17) is 5.73 Å². The van der Waals surface area contributed by atoms with Gasteiger partial charge in [0.15, 0.2) is 16.3 Å². The molecule has 2 aliphatic heterocycles. The van der Waals surface area contributed by atoms with Gasteiger partial charge in [-0.1, -0.05) is 23.0 Å². The Morgan fingerprint density at radius 3 is 2.69 bits per heavy atom. The summed E-state index contributed by atoms with van der Waals surface area (Å²) in [6.45, 7) is 0. The van der Waals surface area contributed by atoms with Gasteiger partial charge in [0.1, 0.15) is 22.8 Å². The summed E-state index contributed by atoms with van der Waals surface area (Å²) in [5.74, 6) is -2.83. The standard InChI is InChI=1S/C24H16F3N5O6S4/c25-24(26,27)10-2-1-3-13-15(10)12(33)6-14(42-13)39-5-4-9-7-40-21-17(20(35)32(21)18(9)22(36)37)30-19(34)16(31-38)11-8-41-23(28)29-11/h1-6,8,17,21,38H,7H2,(H2,28,29)(H,30,34)(H,36,37)/t17?,21-/m1/s1. The SMILES string of the molecule is Nc1nc(C(=NO)C(=O)NC2C(=O)N3C(C(=O)O)=C(C=CSc4cc(=O)c5c(C(F)(F)F)cccc5s4)CS[C@H]23)cs1. The van der Waals surface area contributed by atoms with Gasteiger partial charge in [-0.2, -0.15) is 13.2 Å². The van der Waals surface area contributed by atoms with Crippen LogP contribution in [-0.2, 0) is 20.6 Å². The predicted molar refractivity (Wildman–Crippen MR) is 153 cm³/mol. The number of thiazole rings is 1. The van der Waals surface area contributed by atoms with Crippen LogP contribution in [0.15, 0.2) is 66.6 Å². The third kappa shape index (κ3) is 5.49. The van der Waals surface area contributed by atoms with Crippen LogP contribution in [0.3, 0.4) is 0 Å². The lowest BCUT2D eigenvalue weighted by atomic mass is 10.0. The van der Waals surface area contributed by atoms with Crippen LogP contribution in [-0.4, -0.2) is 60.9 Å². The number of carbonyl (C=O) groups is 3. The maximum atomic E-state index is 13.3. The molecule has 218 valence electrons. The molecule has 4 heterocycles. The molecule has 2 amide bonds. The first-order valence-electron chi connectivity index (χ1n) is 11.5. The Morgan fingerprint density at radius 2 is 2.05 bits per heavy atom. The van der Waals surface area contributed by atoms with Crippen LogP contribution in [0.1, 0.15) is 11.3 Å². The molecule has 0 aliphatic carbocycles. The zero-order valence-corrected chi connectivity index (χ0v) is 23.9. The van der Waals surface area contributed by atoms with Crippen LogP contribution in [0.4, 0.5) is 18.3 Å². The topological polar surface area (TPSA) is 175 Å². The number of halogens is 3. The minimum absolute atomic E-state index is 0.00527. The van der Waals surface area contributed by atoms with Crippen LogP contribution < -0.4 is 16.5 Å². The molecule has 2 aliphatic rings. The highest BCUT2D eigenvalue weighted by Crippen LogP contribution is 2.41. The zero-order chi connectivity index (χ0) is 30.3. The Labute approximate surface area is 249 Å². The van der Waals surface area contributed by atoms with Crippen molar-refractivity contribution in [2.75, 3.05) is 11.5 Å². The molecule has 2 aromatic heterocycles. The van der Waals surface area contributed by atoms with Crippen molar-refractivity contribution in [3.63, 3.8) is 0 Å². The molecular weight excluding hydrogens is 640 g/mol. The van der Waals surface area contributed by atoms with Crippen molar-refractivity contribution in [2.45, 2.75) is 21.8 Å². The van der Waals surface area contributed by atoms with Gasteiger partial charge in [-0.3, -0.25) is 19.3 Å². The van der Waals surface area contributed by atoms with E-state index < -0.39 is 57.5 Å². The van der Waals surface area contributed by atoms with Crippen molar-refractivity contribution in [2.24, 2.45) is 5.16 Å². The molecule has 18 heteroatoms. The normalized spacial score (nSPS) is 19.3. The van der Waals surface area contributed by atoms with Crippen LogP contribution >= 0.6 is 46.2 Å². The number of thioether (sulfide) groups is 2. The van der Waals surface area contributed by atoms with E-state index in [2.05, 4.69) is 15.5 Å². The highest BCUT2D eigenvalue weighted by Gasteiger charge is 2.54. The Morgan fingerprint density at radius 1 is 1.29 bits per heavy atom. The van der Waals surface area contributed by atoms with Gasteiger partial charge < -0.3 is 21.4 Å². The van der Waals surface area contributed by atoms with Crippen LogP contribution in [0.2, 0.25) is 0 Å². The first-order valence-corrected chi connectivity index (χ1v) is 15.2. The van der Waals surface area contributed by atoms with E-state index in [1.807, 2.05) is 0 Å². The number of rotatable bonds is 7. The minimum atomic E-state index is -4.68. The van der Waals surface area contributed by atoms with Gasteiger partial charge in [0.05, 0.1) is 15.2 Å². The summed E-state index contributed by atoms with van der Waals surface area (Å²) in [6, 6.07) is 3.48. The van der Waals surface area contributed by atoms with Crippen LogP contribution in [0.25, 0.3) is 10.1 Å². The number of amides is 2. The van der Waals surface area contributed by atoms with Crippen molar-refractivity contribution >= 4 is 84.9 Å². The fourth-order valence-corrected chi connectivity index (χ4v) is 8.13. The molecule has 3 aromatic rings. The van der Waals surface area contributed by atoms with Crippen molar-refractivity contribution in [1.29, 1.82) is 0 Å². The summed E-state index contributed by atoms with van der Waals surface area (Å²) in [4.78, 5) is 55.1. The maximum Gasteiger partial charge on any atom is 0.417 e. The molecule has 0 spiro atoms. The third-order valence-electron chi connectivity index (χ3n) is 6.06. The van der Waals surface area contributed by atoms with Gasteiger partial charge in [-0.15, -0.1) is 34.4 Å². The van der Waals surface area contributed by atoms with E-state index in [0.717, 1.165) is 51.5 Å². The van der Waals surface area contributed by atoms with E-state index in [-0.39, 0.29) is 32.5 Å². The summed E-state index contributed by atoms with van der Waals surface area (Å²) >= 11 is 4.20. The number of hydrogen-bond acceptors (Lipinski definition) is 12. The number of aromatic nitrogens is 1. The lowest BCUT2D eigenvalue weighted by molar-refractivity contribution is -0.150. The second kappa shape index (κ2) is 11.4. The Hall–Kier alpha value is -3.87. The molecule has 0 bridgehead atoms. The molecular formula is C24H16F3N5O6S4. The average Bonchev–Trinajstić information content (AvgIpc) is 3.36. The number of carboxylic acids is 1. The number of β-lactam (4-membered cyclic amide) rings is 1. The van der Waals surface area contributed by atoms with Gasteiger partial charge in [-0.25, -0.2) is 9.78 Å². The quantitative estimate of drug-likeness (QED) is 0.0969. The number of allylic oxidation sites excluding steroid dienone is 1. The number of anilines is 1. The number of oxime groups is 1. The number of aliphatic carboxylic acids is 1. The summed E-state index contributed by atoms with van der Waals surface area (Å²) < 4.78 is 40.5. The maximum absolute atomic E-state index is 13.3. The molecule has 1 fully saturated rings. The molecule has 2 atom stereocenters. The number of nitrogens with one attached hydrogen (secondary N) is 1. The highest BCUT2D eigenvalue weighted by atomic mass is 32.2. The number of nitrogen functional groups attached to an aromatic ring is 1. The van der Waals surface area contributed by atoms with Gasteiger partial charge in [0.2, 0.25) is 0 Å². The number of carbonyl (C=O) groups excluding carboxylic acids is 2. The fourth-order valence-electron chi connectivity index (χ4n) is 4.25. The van der Waals surface area contributed by atoms with E-state index in [0.29, 0.717) is 4.21 Å². The lowest BCUT2D eigenvalue weighted by Gasteiger charge is -2.49. The van der Waals surface area contributed by atoms with E-state index in [1.165, 1.54) is 40.8 Å². The molecule has 1 saturated heterocycles.